The summed E-state index contributed by atoms with van der Waals surface area (Å²) >= 11 is -0.750. The van der Waals surface area contributed by atoms with Crippen LogP contribution in [-0.4, -0.2) is 19.3 Å². The average Bonchev–Trinajstić information content (AvgIpc) is 2.56. The maximum Gasteiger partial charge on any atom is 0.335 e. The van der Waals surface area contributed by atoms with Crippen molar-refractivity contribution in [2.45, 2.75) is 13.8 Å². The molecular weight excluding hydrogens is 338 g/mol. The number of amides is 1. The molecule has 0 aliphatic carbocycles. The summed E-state index contributed by atoms with van der Waals surface area (Å²) in [6, 6.07) is 13.9. The largest absolute Gasteiger partial charge is 0.365 e. The molecule has 128 valence electrons. The van der Waals surface area contributed by atoms with Crippen LogP contribution >= 0.6 is 0 Å². The Morgan fingerprint density at radius 1 is 1.08 bits per heavy atom. The molecule has 7 heteroatoms. The van der Waals surface area contributed by atoms with E-state index in [4.69, 9.17) is 14.2 Å². The van der Waals surface area contributed by atoms with Crippen LogP contribution in [0.5, 0.6) is 0 Å². The number of carbonyl (C=O) groups excluding carboxylic acids is 1. The van der Waals surface area contributed by atoms with Crippen LogP contribution in [0.15, 0.2) is 48.7 Å². The minimum Gasteiger partial charge on any atom is -0.365 e. The van der Waals surface area contributed by atoms with Crippen LogP contribution < -0.4 is 11.1 Å². The molecule has 0 aliphatic heterocycles. The number of aryl methyl sites for hydroxylation is 2. The number of anilines is 2. The van der Waals surface area contributed by atoms with Crippen molar-refractivity contribution in [3.8, 4) is 0 Å². The van der Waals surface area contributed by atoms with Crippen LogP contribution in [0.2, 0.25) is 0 Å². The Hall–Kier alpha value is -3.06. The van der Waals surface area contributed by atoms with Gasteiger partial charge in [-0.05, 0) is 43.7 Å². The second kappa shape index (κ2) is 8.16. The molecule has 3 aromatic rings. The summed E-state index contributed by atoms with van der Waals surface area (Å²) in [5.41, 5.74) is 10.6. The smallest absolute Gasteiger partial charge is 0.335 e. The van der Waals surface area contributed by atoms with Gasteiger partial charge in [0.05, 0.1) is 16.8 Å². The van der Waals surface area contributed by atoms with E-state index < -0.39 is 17.5 Å². The van der Waals surface area contributed by atoms with Gasteiger partial charge in [-0.3, -0.25) is 9.78 Å². The molecule has 0 unspecified atom stereocenters. The number of carbonyl (C=O) groups is 1. The molecular formula is C18H17N3O3S. The highest BCUT2D eigenvalue weighted by Gasteiger charge is 2.13. The first-order valence-electron chi connectivity index (χ1n) is 7.41. The van der Waals surface area contributed by atoms with E-state index in [-0.39, 0.29) is 0 Å². The third-order valence-corrected chi connectivity index (χ3v) is 3.58. The van der Waals surface area contributed by atoms with Crippen LogP contribution in [0.4, 0.5) is 11.4 Å². The van der Waals surface area contributed by atoms with Crippen LogP contribution in [0.3, 0.4) is 0 Å². The van der Waals surface area contributed by atoms with Crippen molar-refractivity contribution in [2.24, 2.45) is 5.73 Å². The Morgan fingerprint density at radius 2 is 1.76 bits per heavy atom. The molecule has 6 nitrogen and oxygen atoms in total. The van der Waals surface area contributed by atoms with E-state index in [1.807, 2.05) is 56.3 Å². The molecule has 2 aromatic carbocycles. The molecule has 0 spiro atoms. The van der Waals surface area contributed by atoms with E-state index in [0.29, 0.717) is 11.3 Å². The van der Waals surface area contributed by atoms with Crippen molar-refractivity contribution in [3.63, 3.8) is 0 Å². The lowest BCUT2D eigenvalue weighted by Crippen LogP contribution is -2.14. The first-order valence-corrected chi connectivity index (χ1v) is 8.07. The minimum absolute atomic E-state index is 0.389. The summed E-state index contributed by atoms with van der Waals surface area (Å²) in [5.74, 6) is -0.494. The van der Waals surface area contributed by atoms with Crippen molar-refractivity contribution in [3.05, 3.63) is 65.4 Å². The Balaban J connectivity index is 0.000000701. The van der Waals surface area contributed by atoms with Crippen molar-refractivity contribution in [2.75, 3.05) is 5.32 Å². The fourth-order valence-electron chi connectivity index (χ4n) is 2.50. The number of hydrogen-bond acceptors (Lipinski definition) is 5. The van der Waals surface area contributed by atoms with Crippen molar-refractivity contribution in [1.82, 2.24) is 4.98 Å². The highest BCUT2D eigenvalue weighted by molar-refractivity contribution is 7.51. The maximum absolute atomic E-state index is 11.7. The number of aromatic nitrogens is 1. The number of nitrogens with zero attached hydrogens (tertiary/aromatic N) is 1. The van der Waals surface area contributed by atoms with Crippen LogP contribution in [0.25, 0.3) is 10.9 Å². The molecule has 3 rings (SSSR count). The zero-order chi connectivity index (χ0) is 18.4. The predicted molar refractivity (Wildman–Crippen MR) is 98.4 cm³/mol. The van der Waals surface area contributed by atoms with Gasteiger partial charge in [0.15, 0.2) is 0 Å². The van der Waals surface area contributed by atoms with Crippen molar-refractivity contribution < 1.29 is 13.2 Å². The SMILES string of the molecule is Cc1cccc(Nc2c(C(N)=O)cnc3ccc(C)cc23)c1.O=S=O. The van der Waals surface area contributed by atoms with E-state index in [1.165, 1.54) is 6.20 Å². The van der Waals surface area contributed by atoms with E-state index in [2.05, 4.69) is 10.3 Å². The first-order chi connectivity index (χ1) is 12.0. The van der Waals surface area contributed by atoms with Gasteiger partial charge in [0.25, 0.3) is 5.91 Å². The molecule has 0 radical (unpaired) electrons. The van der Waals surface area contributed by atoms with Gasteiger partial charge in [0.2, 0.25) is 0 Å². The van der Waals surface area contributed by atoms with Gasteiger partial charge in [-0.1, -0.05) is 23.8 Å². The monoisotopic (exact) mass is 355 g/mol. The topological polar surface area (TPSA) is 102 Å². The molecule has 0 atom stereocenters. The summed E-state index contributed by atoms with van der Waals surface area (Å²) in [6.07, 6.45) is 1.53. The zero-order valence-electron chi connectivity index (χ0n) is 13.8. The van der Waals surface area contributed by atoms with Gasteiger partial charge in [0.1, 0.15) is 0 Å². The van der Waals surface area contributed by atoms with Crippen molar-refractivity contribution >= 4 is 39.8 Å². The average molecular weight is 355 g/mol. The molecule has 0 aliphatic rings. The third-order valence-electron chi connectivity index (χ3n) is 3.58. The van der Waals surface area contributed by atoms with E-state index in [9.17, 15) is 4.79 Å². The number of pyridine rings is 1. The number of fused-ring (bicyclic) bond motifs is 1. The second-order valence-electron chi connectivity index (χ2n) is 5.49. The maximum atomic E-state index is 11.7. The summed E-state index contributed by atoms with van der Waals surface area (Å²) in [4.78, 5) is 16.1. The fraction of sp³-hybridized carbons (Fsp3) is 0.111. The lowest BCUT2D eigenvalue weighted by molar-refractivity contribution is 0.100. The number of hydrogen-bond donors (Lipinski definition) is 2. The van der Waals surface area contributed by atoms with Crippen molar-refractivity contribution in [1.29, 1.82) is 0 Å². The van der Waals surface area contributed by atoms with Crippen LogP contribution in [0, 0.1) is 13.8 Å². The standard InChI is InChI=1S/C18H17N3O.O2S/c1-11-4-3-5-13(8-11)21-17-14-9-12(2)6-7-16(14)20-10-15(17)18(19)22;1-3-2/h3-10H,1-2H3,(H2,19,22)(H,20,21);. The Labute approximate surface area is 148 Å². The molecule has 1 aromatic heterocycles. The molecule has 25 heavy (non-hydrogen) atoms. The van der Waals surface area contributed by atoms with E-state index in [0.717, 1.165) is 27.7 Å². The molecule has 1 amide bonds. The molecule has 3 N–H and O–H groups in total. The minimum atomic E-state index is -0.750. The lowest BCUT2D eigenvalue weighted by Gasteiger charge is -2.14. The van der Waals surface area contributed by atoms with E-state index >= 15 is 0 Å². The van der Waals surface area contributed by atoms with Gasteiger partial charge in [-0.15, -0.1) is 0 Å². The van der Waals surface area contributed by atoms with Gasteiger partial charge >= 0.3 is 11.6 Å². The van der Waals surface area contributed by atoms with Gasteiger partial charge in [-0.25, -0.2) is 0 Å². The Morgan fingerprint density at radius 3 is 2.40 bits per heavy atom. The molecule has 0 saturated carbocycles. The van der Waals surface area contributed by atoms with Gasteiger partial charge < -0.3 is 11.1 Å². The predicted octanol–water partition coefficient (Wildman–Crippen LogP) is 3.02. The third kappa shape index (κ3) is 4.48. The first kappa shape index (κ1) is 18.3. The Kier molecular flexibility index (Phi) is 5.97. The highest BCUT2D eigenvalue weighted by atomic mass is 32.1. The number of nitrogens with two attached hydrogens (primary N) is 1. The summed E-state index contributed by atoms with van der Waals surface area (Å²) in [5, 5.41) is 4.21. The summed E-state index contributed by atoms with van der Waals surface area (Å²) in [6.45, 7) is 4.03. The Bertz CT molecular complexity index is 967. The number of primary amides is 1. The molecule has 1 heterocycles. The molecule has 0 bridgehead atoms. The fourth-order valence-corrected chi connectivity index (χ4v) is 2.50. The van der Waals surface area contributed by atoms with E-state index in [1.54, 1.807) is 0 Å². The lowest BCUT2D eigenvalue weighted by atomic mass is 10.1. The van der Waals surface area contributed by atoms with Gasteiger partial charge in [-0.2, -0.15) is 8.42 Å². The summed E-state index contributed by atoms with van der Waals surface area (Å²) in [7, 11) is 0. The number of rotatable bonds is 3. The molecule has 0 saturated heterocycles. The summed E-state index contributed by atoms with van der Waals surface area (Å²) < 4.78 is 16.6. The number of nitrogens with one attached hydrogen (secondary N) is 1. The highest BCUT2D eigenvalue weighted by Crippen LogP contribution is 2.29. The molecule has 0 fully saturated rings. The van der Waals surface area contributed by atoms with Crippen LogP contribution in [0.1, 0.15) is 21.5 Å². The van der Waals surface area contributed by atoms with Crippen LogP contribution in [-0.2, 0) is 11.6 Å². The quantitative estimate of drug-likeness (QED) is 0.752. The van der Waals surface area contributed by atoms with Gasteiger partial charge in [0, 0.05) is 17.3 Å². The second-order valence-corrected chi connectivity index (χ2v) is 5.63. The number of benzene rings is 2. The zero-order valence-corrected chi connectivity index (χ0v) is 14.6. The normalized spacial score (nSPS) is 9.84.